The Morgan fingerprint density at radius 3 is 2.69 bits per heavy atom. The number of methoxy groups -OCH3 is 1. The largest absolute Gasteiger partial charge is 0.469 e. The van der Waals surface area contributed by atoms with Crippen LogP contribution in [-0.2, 0) is 9.53 Å². The average molecular weight is 185 g/mol. The molecule has 1 fully saturated rings. The highest BCUT2D eigenvalue weighted by Crippen LogP contribution is 2.26. The number of rotatable bonds is 4. The zero-order chi connectivity index (χ0) is 9.84. The van der Waals surface area contributed by atoms with Gasteiger partial charge in [-0.1, -0.05) is 6.92 Å². The molecule has 76 valence electrons. The van der Waals surface area contributed by atoms with Crippen molar-refractivity contribution in [2.45, 2.75) is 45.2 Å². The molecule has 0 aromatic rings. The number of carbonyl (C=O) groups is 1. The van der Waals surface area contributed by atoms with Gasteiger partial charge in [-0.25, -0.2) is 0 Å². The molecule has 1 unspecified atom stereocenters. The third-order valence-electron chi connectivity index (χ3n) is 2.59. The van der Waals surface area contributed by atoms with E-state index >= 15 is 0 Å². The summed E-state index contributed by atoms with van der Waals surface area (Å²) in [5, 5.41) is 3.41. The van der Waals surface area contributed by atoms with Crippen LogP contribution in [0.3, 0.4) is 0 Å². The van der Waals surface area contributed by atoms with Gasteiger partial charge >= 0.3 is 5.97 Å². The predicted octanol–water partition coefficient (Wildman–Crippen LogP) is 1.33. The van der Waals surface area contributed by atoms with Crippen molar-refractivity contribution in [3.8, 4) is 0 Å². The smallest absolute Gasteiger partial charge is 0.307 e. The lowest BCUT2D eigenvalue weighted by Gasteiger charge is -2.35. The van der Waals surface area contributed by atoms with Gasteiger partial charge in [-0.05, 0) is 25.7 Å². The lowest BCUT2D eigenvalue weighted by Crippen LogP contribution is -2.45. The van der Waals surface area contributed by atoms with Crippen LogP contribution in [0.25, 0.3) is 0 Å². The molecule has 1 aliphatic rings. The van der Waals surface area contributed by atoms with Crippen LogP contribution in [0.2, 0.25) is 0 Å². The molecular weight excluding hydrogens is 166 g/mol. The summed E-state index contributed by atoms with van der Waals surface area (Å²) in [6.07, 6.45) is 2.96. The van der Waals surface area contributed by atoms with E-state index in [9.17, 15) is 4.79 Å². The van der Waals surface area contributed by atoms with Gasteiger partial charge in [-0.2, -0.15) is 0 Å². The number of nitrogens with one attached hydrogen (secondary N) is 1. The minimum absolute atomic E-state index is 0.132. The Morgan fingerprint density at radius 2 is 2.23 bits per heavy atom. The molecule has 3 nitrogen and oxygen atoms in total. The number of carbonyl (C=O) groups excluding carboxylic acids is 1. The van der Waals surface area contributed by atoms with Gasteiger partial charge in [0.25, 0.3) is 0 Å². The van der Waals surface area contributed by atoms with Crippen molar-refractivity contribution >= 4 is 5.97 Å². The van der Waals surface area contributed by atoms with Gasteiger partial charge in [0.05, 0.1) is 13.5 Å². The van der Waals surface area contributed by atoms with Crippen LogP contribution in [0.5, 0.6) is 0 Å². The Morgan fingerprint density at radius 1 is 1.62 bits per heavy atom. The highest BCUT2D eigenvalue weighted by atomic mass is 16.5. The quantitative estimate of drug-likeness (QED) is 0.671. The highest BCUT2D eigenvalue weighted by Gasteiger charge is 2.26. The van der Waals surface area contributed by atoms with Crippen molar-refractivity contribution in [1.82, 2.24) is 5.32 Å². The third kappa shape index (κ3) is 3.35. The van der Waals surface area contributed by atoms with Crippen molar-refractivity contribution < 1.29 is 9.53 Å². The molecule has 0 radical (unpaired) electrons. The average Bonchev–Trinajstić information content (AvgIpc) is 2.01. The minimum Gasteiger partial charge on any atom is -0.469 e. The zero-order valence-electron chi connectivity index (χ0n) is 8.67. The molecule has 13 heavy (non-hydrogen) atoms. The van der Waals surface area contributed by atoms with Crippen molar-refractivity contribution in [1.29, 1.82) is 0 Å². The van der Waals surface area contributed by atoms with Crippen LogP contribution in [0, 0.1) is 5.92 Å². The lowest BCUT2D eigenvalue weighted by atomic mass is 9.81. The molecule has 0 spiro atoms. The molecule has 0 bridgehead atoms. The maximum atomic E-state index is 10.9. The summed E-state index contributed by atoms with van der Waals surface area (Å²) in [5.41, 5.74) is 0. The second-order valence-corrected chi connectivity index (χ2v) is 4.12. The summed E-state index contributed by atoms with van der Waals surface area (Å²) in [5.74, 6) is 0.718. The zero-order valence-corrected chi connectivity index (χ0v) is 8.67. The van der Waals surface area contributed by atoms with Crippen LogP contribution >= 0.6 is 0 Å². The van der Waals surface area contributed by atoms with E-state index in [0.29, 0.717) is 12.5 Å². The molecule has 0 saturated heterocycles. The van der Waals surface area contributed by atoms with Crippen LogP contribution in [0.4, 0.5) is 0 Å². The topological polar surface area (TPSA) is 38.3 Å². The lowest BCUT2D eigenvalue weighted by molar-refractivity contribution is -0.141. The van der Waals surface area contributed by atoms with E-state index < -0.39 is 0 Å². The second-order valence-electron chi connectivity index (χ2n) is 4.12. The van der Waals surface area contributed by atoms with E-state index in [1.165, 1.54) is 20.0 Å². The summed E-state index contributed by atoms with van der Waals surface area (Å²) in [7, 11) is 1.43. The molecule has 0 heterocycles. The molecule has 1 saturated carbocycles. The van der Waals surface area contributed by atoms with Gasteiger partial charge in [0.15, 0.2) is 0 Å². The first-order chi connectivity index (χ1) is 6.11. The number of ether oxygens (including phenoxy) is 1. The Kier molecular flexibility index (Phi) is 3.72. The summed E-state index contributed by atoms with van der Waals surface area (Å²) in [6, 6.07) is 0.861. The SMILES string of the molecule is COC(=O)CC(C)NC1CC(C)C1. The molecule has 0 aromatic heterocycles. The summed E-state index contributed by atoms with van der Waals surface area (Å²) >= 11 is 0. The molecule has 0 aromatic carbocycles. The van der Waals surface area contributed by atoms with Crippen molar-refractivity contribution in [3.63, 3.8) is 0 Å². The fourth-order valence-electron chi connectivity index (χ4n) is 1.83. The number of hydrogen-bond acceptors (Lipinski definition) is 3. The molecule has 1 rings (SSSR count). The predicted molar refractivity (Wildman–Crippen MR) is 51.4 cm³/mol. The van der Waals surface area contributed by atoms with E-state index in [1.54, 1.807) is 0 Å². The first-order valence-electron chi connectivity index (χ1n) is 4.94. The Hall–Kier alpha value is -0.570. The van der Waals surface area contributed by atoms with E-state index in [1.807, 2.05) is 6.92 Å². The summed E-state index contributed by atoms with van der Waals surface area (Å²) in [6.45, 7) is 4.28. The van der Waals surface area contributed by atoms with Crippen LogP contribution < -0.4 is 5.32 Å². The maximum Gasteiger partial charge on any atom is 0.307 e. The molecular formula is C10H19NO2. The number of esters is 1. The third-order valence-corrected chi connectivity index (χ3v) is 2.59. The van der Waals surface area contributed by atoms with Gasteiger partial charge in [-0.15, -0.1) is 0 Å². The Labute approximate surface area is 79.8 Å². The Bertz CT molecular complexity index is 176. The fraction of sp³-hybridized carbons (Fsp3) is 0.900. The molecule has 1 N–H and O–H groups in total. The van der Waals surface area contributed by atoms with Gasteiger partial charge in [0.1, 0.15) is 0 Å². The van der Waals surface area contributed by atoms with Crippen LogP contribution in [0.1, 0.15) is 33.1 Å². The maximum absolute atomic E-state index is 10.9. The first kappa shape index (κ1) is 10.5. The molecule has 3 heteroatoms. The van der Waals surface area contributed by atoms with Gasteiger partial charge in [-0.3, -0.25) is 4.79 Å². The van der Waals surface area contributed by atoms with Gasteiger partial charge in [0, 0.05) is 12.1 Å². The van der Waals surface area contributed by atoms with E-state index in [4.69, 9.17) is 0 Å². The standard InChI is InChI=1S/C10H19NO2/c1-7-4-9(5-7)11-8(2)6-10(12)13-3/h7-9,11H,4-6H2,1-3H3. The number of hydrogen-bond donors (Lipinski definition) is 1. The van der Waals surface area contributed by atoms with Crippen LogP contribution in [0.15, 0.2) is 0 Å². The van der Waals surface area contributed by atoms with E-state index in [2.05, 4.69) is 17.0 Å². The van der Waals surface area contributed by atoms with Crippen LogP contribution in [-0.4, -0.2) is 25.2 Å². The molecule has 0 aliphatic heterocycles. The highest BCUT2D eigenvalue weighted by molar-refractivity contribution is 5.69. The van der Waals surface area contributed by atoms with E-state index in [0.717, 1.165) is 5.92 Å². The second kappa shape index (κ2) is 4.61. The first-order valence-corrected chi connectivity index (χ1v) is 4.94. The molecule has 1 aliphatic carbocycles. The normalized spacial score (nSPS) is 29.2. The minimum atomic E-state index is -0.132. The van der Waals surface area contributed by atoms with Crippen molar-refractivity contribution in [3.05, 3.63) is 0 Å². The summed E-state index contributed by atoms with van der Waals surface area (Å²) < 4.78 is 4.60. The molecule has 1 atom stereocenters. The van der Waals surface area contributed by atoms with Crippen molar-refractivity contribution in [2.24, 2.45) is 5.92 Å². The van der Waals surface area contributed by atoms with Gasteiger partial charge < -0.3 is 10.1 Å². The Balaban J connectivity index is 2.11. The van der Waals surface area contributed by atoms with E-state index in [-0.39, 0.29) is 12.0 Å². The summed E-state index contributed by atoms with van der Waals surface area (Å²) in [4.78, 5) is 10.9. The van der Waals surface area contributed by atoms with Crippen molar-refractivity contribution in [2.75, 3.05) is 7.11 Å². The van der Waals surface area contributed by atoms with Gasteiger partial charge in [0.2, 0.25) is 0 Å². The fourth-order valence-corrected chi connectivity index (χ4v) is 1.83. The molecule has 0 amide bonds. The monoisotopic (exact) mass is 185 g/mol.